The molecule has 4 aliphatic rings. The number of hydrogen-bond donors (Lipinski definition) is 1. The molecule has 0 radical (unpaired) electrons. The monoisotopic (exact) mass is 589 g/mol. The van der Waals surface area contributed by atoms with E-state index in [0.717, 1.165) is 34.9 Å². The van der Waals surface area contributed by atoms with Crippen molar-refractivity contribution in [1.82, 2.24) is 14.8 Å². The van der Waals surface area contributed by atoms with Crippen molar-refractivity contribution in [3.63, 3.8) is 0 Å². The lowest BCUT2D eigenvalue weighted by Crippen LogP contribution is -2.55. The number of ether oxygens (including phenoxy) is 5. The molecule has 0 bridgehead atoms. The molecule has 226 valence electrons. The van der Waals surface area contributed by atoms with Crippen LogP contribution in [-0.2, 0) is 23.7 Å². The minimum absolute atomic E-state index is 0.0559. The minimum atomic E-state index is -0.943. The molecule has 6 rings (SSSR count). The first-order chi connectivity index (χ1) is 20.9. The highest BCUT2D eigenvalue weighted by Crippen LogP contribution is 2.42. The van der Waals surface area contributed by atoms with Crippen LogP contribution in [-0.4, -0.2) is 78.0 Å². The molecule has 11 heteroatoms. The van der Waals surface area contributed by atoms with Gasteiger partial charge in [-0.2, -0.15) is 0 Å². The van der Waals surface area contributed by atoms with Gasteiger partial charge in [-0.15, -0.1) is 0 Å². The third-order valence-electron chi connectivity index (χ3n) is 8.58. The molecule has 11 nitrogen and oxygen atoms in total. The van der Waals surface area contributed by atoms with Gasteiger partial charge >= 0.3 is 12.1 Å². The summed E-state index contributed by atoms with van der Waals surface area (Å²) in [6.07, 6.45) is 11.4. The van der Waals surface area contributed by atoms with Crippen molar-refractivity contribution in [1.29, 1.82) is 0 Å². The Morgan fingerprint density at radius 3 is 2.93 bits per heavy atom. The Hall–Kier alpha value is -4.35. The summed E-state index contributed by atoms with van der Waals surface area (Å²) in [6, 6.07) is 7.37. The van der Waals surface area contributed by atoms with Crippen molar-refractivity contribution in [2.45, 2.75) is 37.4 Å². The topological polar surface area (TPSA) is 120 Å². The molecular formula is C32H35N3O8. The summed E-state index contributed by atoms with van der Waals surface area (Å²) in [7, 11) is 2.94. The maximum atomic E-state index is 13.2. The fourth-order valence-electron chi connectivity index (χ4n) is 6.22. The zero-order valence-electron chi connectivity index (χ0n) is 24.2. The van der Waals surface area contributed by atoms with Crippen molar-refractivity contribution >= 4 is 23.0 Å². The summed E-state index contributed by atoms with van der Waals surface area (Å²) in [4.78, 5) is 33.7. The molecule has 3 aliphatic heterocycles. The summed E-state index contributed by atoms with van der Waals surface area (Å²) < 4.78 is 28.1. The molecule has 4 heterocycles. The van der Waals surface area contributed by atoms with Gasteiger partial charge in [0.2, 0.25) is 5.88 Å². The second kappa shape index (κ2) is 12.1. The van der Waals surface area contributed by atoms with Crippen molar-refractivity contribution < 1.29 is 38.4 Å². The Morgan fingerprint density at radius 1 is 1.26 bits per heavy atom. The number of benzene rings is 1. The molecule has 2 fully saturated rings. The van der Waals surface area contributed by atoms with Crippen LogP contribution in [0, 0.1) is 5.92 Å². The molecule has 1 aromatic heterocycles. The third-order valence-corrected chi connectivity index (χ3v) is 8.58. The smallest absolute Gasteiger partial charge is 0.417 e. The molecule has 0 saturated carbocycles. The number of allylic oxidation sites excluding steroid dienone is 4. The number of piperidine rings is 1. The largest absolute Gasteiger partial charge is 0.497 e. The van der Waals surface area contributed by atoms with Crippen LogP contribution in [0.15, 0.2) is 78.4 Å². The highest BCUT2D eigenvalue weighted by Gasteiger charge is 2.55. The highest BCUT2D eigenvalue weighted by molar-refractivity contribution is 5.84. The molecule has 2 aromatic rings. The molecule has 1 amide bonds. The van der Waals surface area contributed by atoms with Crippen LogP contribution in [0.5, 0.6) is 5.75 Å². The van der Waals surface area contributed by atoms with Gasteiger partial charge in [0.15, 0.2) is 12.0 Å². The first-order valence-corrected chi connectivity index (χ1v) is 14.4. The fourth-order valence-corrected chi connectivity index (χ4v) is 6.22. The number of fused-ring (bicyclic) bond motifs is 1. The Balaban J connectivity index is 1.18. The van der Waals surface area contributed by atoms with E-state index in [1.54, 1.807) is 13.3 Å². The summed E-state index contributed by atoms with van der Waals surface area (Å²) >= 11 is 0. The molecule has 2 saturated heterocycles. The number of β-amino-alcohol motifs (C(OH)–C–C–N with tert-alkyl or cyclic N) is 1. The Kier molecular flexibility index (Phi) is 8.09. The maximum absolute atomic E-state index is 13.2. The van der Waals surface area contributed by atoms with E-state index in [1.165, 1.54) is 24.5 Å². The van der Waals surface area contributed by atoms with Crippen LogP contribution in [0.4, 0.5) is 4.79 Å². The number of rotatable bonds is 8. The summed E-state index contributed by atoms with van der Waals surface area (Å²) in [5.74, 6) is 0.691. The van der Waals surface area contributed by atoms with Crippen LogP contribution in [0.2, 0.25) is 0 Å². The first-order valence-electron chi connectivity index (χ1n) is 14.4. The van der Waals surface area contributed by atoms with E-state index < -0.39 is 23.8 Å². The number of carbonyl (C=O) groups excluding carboxylic acids is 2. The van der Waals surface area contributed by atoms with E-state index in [4.69, 9.17) is 23.7 Å². The summed E-state index contributed by atoms with van der Waals surface area (Å²) in [5.41, 5.74) is 1.53. The molecule has 43 heavy (non-hydrogen) atoms. The molecule has 2 unspecified atom stereocenters. The number of likely N-dealkylation sites (tertiary alicyclic amines) is 1. The standard InChI is InChI=1S/C32H35N3O8/c1-39-23-8-9-26-25(15-23)24(10-12-33-26)27(36)17-34-13-11-32(22(16-34)14-30(37)40-2)20-35(31(38)43-32)29-19-41-18-28(42-29)21-6-4-3-5-7-21/h3-4,6,8-10,12,15,18-19,22,27,36H,5,7,11,13-14,16-17,20H2,1-2H3/t22?,27-,32?/m1/s1. The number of carbonyl (C=O) groups is 2. The van der Waals surface area contributed by atoms with Crippen molar-refractivity contribution in [3.05, 3.63) is 84.0 Å². The van der Waals surface area contributed by atoms with Crippen molar-refractivity contribution in [3.8, 4) is 5.75 Å². The number of aromatic nitrogens is 1. The Labute approximate surface area is 249 Å². The SMILES string of the molecule is COC(=O)CC1CN(C[C@@H](O)c2ccnc3ccc(OC)cc23)CCC12CN(C1=COC=C(C3=CC=CCC3)O1)C(=O)O2. The number of hydrogen-bond acceptors (Lipinski definition) is 10. The molecule has 1 N–H and O–H groups in total. The van der Waals surface area contributed by atoms with Gasteiger partial charge in [-0.1, -0.05) is 18.2 Å². The molecule has 1 aliphatic carbocycles. The van der Waals surface area contributed by atoms with E-state index >= 15 is 0 Å². The number of aliphatic hydroxyl groups is 1. The minimum Gasteiger partial charge on any atom is -0.497 e. The Morgan fingerprint density at radius 2 is 2.14 bits per heavy atom. The second-order valence-corrected chi connectivity index (χ2v) is 11.1. The quantitative estimate of drug-likeness (QED) is 0.446. The predicted octanol–water partition coefficient (Wildman–Crippen LogP) is 4.32. The zero-order chi connectivity index (χ0) is 30.0. The predicted molar refractivity (Wildman–Crippen MR) is 155 cm³/mol. The van der Waals surface area contributed by atoms with Gasteiger partial charge in [-0.3, -0.25) is 14.7 Å². The number of nitrogens with zero attached hydrogens (tertiary/aromatic N) is 3. The number of aliphatic hydroxyl groups excluding tert-OH is 1. The molecular weight excluding hydrogens is 554 g/mol. The first kappa shape index (κ1) is 28.8. The van der Waals surface area contributed by atoms with Crippen LogP contribution >= 0.6 is 0 Å². The van der Waals surface area contributed by atoms with E-state index in [2.05, 4.69) is 16.0 Å². The van der Waals surface area contributed by atoms with E-state index in [9.17, 15) is 14.7 Å². The lowest BCUT2D eigenvalue weighted by atomic mass is 9.78. The van der Waals surface area contributed by atoms with Crippen LogP contribution < -0.4 is 4.74 Å². The number of methoxy groups -OCH3 is 2. The Bertz CT molecular complexity index is 1530. The molecule has 1 spiro atoms. The van der Waals surface area contributed by atoms with Gasteiger partial charge in [0.1, 0.15) is 17.6 Å². The highest BCUT2D eigenvalue weighted by atomic mass is 16.6. The second-order valence-electron chi connectivity index (χ2n) is 11.1. The number of esters is 1. The van der Waals surface area contributed by atoms with Crippen LogP contribution in [0.25, 0.3) is 10.9 Å². The average Bonchev–Trinajstić information content (AvgIpc) is 3.38. The third kappa shape index (κ3) is 5.82. The van der Waals surface area contributed by atoms with Gasteiger partial charge in [0, 0.05) is 43.6 Å². The number of amides is 1. The van der Waals surface area contributed by atoms with E-state index in [0.29, 0.717) is 37.6 Å². The van der Waals surface area contributed by atoms with Gasteiger partial charge < -0.3 is 28.8 Å². The van der Waals surface area contributed by atoms with Gasteiger partial charge in [-0.05, 0) is 48.2 Å². The lowest BCUT2D eigenvalue weighted by molar-refractivity contribution is -0.146. The van der Waals surface area contributed by atoms with Crippen LogP contribution in [0.1, 0.15) is 37.4 Å². The fraction of sp³-hybridized carbons (Fsp3) is 0.406. The summed E-state index contributed by atoms with van der Waals surface area (Å²) in [5, 5.41) is 12.2. The average molecular weight is 590 g/mol. The van der Waals surface area contributed by atoms with Gasteiger partial charge in [0.05, 0.1) is 38.8 Å². The van der Waals surface area contributed by atoms with Crippen molar-refractivity contribution in [2.75, 3.05) is 40.4 Å². The maximum Gasteiger partial charge on any atom is 0.417 e. The van der Waals surface area contributed by atoms with E-state index in [-0.39, 0.29) is 24.8 Å². The van der Waals surface area contributed by atoms with Gasteiger partial charge in [0.25, 0.3) is 0 Å². The summed E-state index contributed by atoms with van der Waals surface area (Å²) in [6.45, 7) is 1.48. The van der Waals surface area contributed by atoms with E-state index in [1.807, 2.05) is 36.4 Å². The van der Waals surface area contributed by atoms with Crippen molar-refractivity contribution in [2.24, 2.45) is 5.92 Å². The number of pyridine rings is 1. The normalized spacial score (nSPS) is 24.4. The lowest BCUT2D eigenvalue weighted by Gasteiger charge is -2.44. The zero-order valence-corrected chi connectivity index (χ0v) is 24.2. The van der Waals surface area contributed by atoms with Crippen LogP contribution in [0.3, 0.4) is 0 Å². The molecule has 1 aromatic carbocycles. The van der Waals surface area contributed by atoms with Gasteiger partial charge in [-0.25, -0.2) is 9.69 Å². The molecule has 3 atom stereocenters.